The van der Waals surface area contributed by atoms with E-state index in [2.05, 4.69) is 29.5 Å². The molecule has 0 saturated heterocycles. The van der Waals surface area contributed by atoms with Crippen LogP contribution in [0.1, 0.15) is 129 Å². The largest absolute Gasteiger partial charge is 0.338 e. The summed E-state index contributed by atoms with van der Waals surface area (Å²) >= 11 is 0. The van der Waals surface area contributed by atoms with Crippen molar-refractivity contribution in [1.29, 1.82) is 0 Å². The standard InChI is InChI=1S/C24H49N3/c1-3-4-5-6-7-8-9-10-11-12-13-14-15-16-17-18-19-20-24-26-21-22-27(24)23(2)25/h23H,3-22,25H2,1-2H3/p+1. The second-order valence-electron chi connectivity index (χ2n) is 8.75. The Kier molecular flexibility index (Phi) is 15.9. The summed E-state index contributed by atoms with van der Waals surface area (Å²) in [4.78, 5) is 7.03. The maximum Gasteiger partial charge on any atom is 0.158 e. The van der Waals surface area contributed by atoms with Gasteiger partial charge in [-0.1, -0.05) is 110 Å². The maximum absolute atomic E-state index is 4.65. The fourth-order valence-corrected chi connectivity index (χ4v) is 4.21. The van der Waals surface area contributed by atoms with Crippen LogP contribution in [0.4, 0.5) is 0 Å². The van der Waals surface area contributed by atoms with E-state index in [-0.39, 0.29) is 0 Å². The highest BCUT2D eigenvalue weighted by molar-refractivity contribution is 5.83. The molecule has 0 saturated carbocycles. The Morgan fingerprint density at radius 3 is 1.56 bits per heavy atom. The Morgan fingerprint density at radius 1 is 0.741 bits per heavy atom. The number of hydrogen-bond acceptors (Lipinski definition) is 2. The molecule has 0 aromatic carbocycles. The quantitative estimate of drug-likeness (QED) is 0.261. The lowest BCUT2D eigenvalue weighted by Crippen LogP contribution is -2.67. The highest BCUT2D eigenvalue weighted by Gasteiger charge is 2.20. The first kappa shape index (κ1) is 24.5. The zero-order valence-corrected chi connectivity index (χ0v) is 18.8. The summed E-state index contributed by atoms with van der Waals surface area (Å²) in [6.07, 6.45) is 26.0. The number of aliphatic imine (C=N–C) groups is 1. The van der Waals surface area contributed by atoms with Crippen LogP contribution in [-0.2, 0) is 0 Å². The molecule has 160 valence electrons. The molecular weight excluding hydrogens is 330 g/mol. The summed E-state index contributed by atoms with van der Waals surface area (Å²) in [6, 6.07) is 0. The maximum atomic E-state index is 4.65. The van der Waals surface area contributed by atoms with E-state index in [9.17, 15) is 0 Å². The van der Waals surface area contributed by atoms with Gasteiger partial charge in [0, 0.05) is 19.9 Å². The molecule has 1 heterocycles. The van der Waals surface area contributed by atoms with Gasteiger partial charge in [0.1, 0.15) is 5.84 Å². The number of nitrogens with zero attached hydrogens (tertiary/aromatic N) is 2. The lowest BCUT2D eigenvalue weighted by atomic mass is 10.0. The van der Waals surface area contributed by atoms with Crippen molar-refractivity contribution in [2.24, 2.45) is 4.99 Å². The normalized spacial score (nSPS) is 15.4. The molecule has 0 radical (unpaired) electrons. The minimum absolute atomic E-state index is 0.372. The van der Waals surface area contributed by atoms with Crippen LogP contribution in [0.2, 0.25) is 0 Å². The van der Waals surface area contributed by atoms with Crippen LogP contribution in [0.3, 0.4) is 0 Å². The van der Waals surface area contributed by atoms with Crippen LogP contribution in [0.15, 0.2) is 4.99 Å². The average molecular weight is 381 g/mol. The van der Waals surface area contributed by atoms with E-state index in [1.54, 1.807) is 0 Å². The zero-order chi connectivity index (χ0) is 19.6. The number of hydrogen-bond donors (Lipinski definition) is 1. The molecule has 0 amide bonds. The summed E-state index contributed by atoms with van der Waals surface area (Å²) in [6.45, 7) is 6.54. The van der Waals surface area contributed by atoms with Crippen molar-refractivity contribution in [3.8, 4) is 0 Å². The van der Waals surface area contributed by atoms with E-state index >= 15 is 0 Å². The van der Waals surface area contributed by atoms with Gasteiger partial charge in [-0.25, -0.2) is 0 Å². The van der Waals surface area contributed by atoms with Crippen molar-refractivity contribution in [3.63, 3.8) is 0 Å². The molecule has 0 spiro atoms. The predicted molar refractivity (Wildman–Crippen MR) is 120 cm³/mol. The first-order valence-corrected chi connectivity index (χ1v) is 12.4. The van der Waals surface area contributed by atoms with Crippen molar-refractivity contribution in [3.05, 3.63) is 0 Å². The predicted octanol–water partition coefficient (Wildman–Crippen LogP) is 6.33. The zero-order valence-electron chi connectivity index (χ0n) is 18.8. The molecule has 1 unspecified atom stereocenters. The van der Waals surface area contributed by atoms with E-state index < -0.39 is 0 Å². The van der Waals surface area contributed by atoms with Gasteiger partial charge in [0.25, 0.3) is 0 Å². The molecule has 1 aliphatic heterocycles. The minimum atomic E-state index is 0.372. The molecule has 27 heavy (non-hydrogen) atoms. The Morgan fingerprint density at radius 2 is 1.15 bits per heavy atom. The Hall–Kier alpha value is -0.570. The SMILES string of the molecule is CCCCCCCCCCCCCCCCCCCC1=NCCN1C(C)[NH3+]. The number of rotatable bonds is 19. The van der Waals surface area contributed by atoms with Gasteiger partial charge >= 0.3 is 0 Å². The van der Waals surface area contributed by atoms with Gasteiger partial charge in [0.2, 0.25) is 0 Å². The van der Waals surface area contributed by atoms with E-state index in [4.69, 9.17) is 0 Å². The third kappa shape index (κ3) is 13.3. The molecule has 1 aliphatic rings. The Balaban J connectivity index is 1.75. The van der Waals surface area contributed by atoms with E-state index in [0.717, 1.165) is 13.1 Å². The second-order valence-corrected chi connectivity index (χ2v) is 8.75. The van der Waals surface area contributed by atoms with Crippen LogP contribution >= 0.6 is 0 Å². The molecule has 1 atom stereocenters. The fourth-order valence-electron chi connectivity index (χ4n) is 4.21. The minimum Gasteiger partial charge on any atom is -0.338 e. The highest BCUT2D eigenvalue weighted by Crippen LogP contribution is 2.15. The van der Waals surface area contributed by atoms with Gasteiger partial charge < -0.3 is 10.6 Å². The third-order valence-corrected chi connectivity index (χ3v) is 6.00. The molecule has 0 aliphatic carbocycles. The average Bonchev–Trinajstić information content (AvgIpc) is 3.13. The number of amidine groups is 1. The first-order valence-electron chi connectivity index (χ1n) is 12.4. The molecule has 0 aromatic heterocycles. The van der Waals surface area contributed by atoms with Crippen LogP contribution in [0.25, 0.3) is 0 Å². The summed E-state index contributed by atoms with van der Waals surface area (Å²) in [5.74, 6) is 1.32. The van der Waals surface area contributed by atoms with Crippen LogP contribution in [0, 0.1) is 0 Å². The fraction of sp³-hybridized carbons (Fsp3) is 0.958. The second kappa shape index (κ2) is 17.5. The van der Waals surface area contributed by atoms with Gasteiger partial charge in [-0.3, -0.25) is 4.99 Å². The van der Waals surface area contributed by atoms with Crippen molar-refractivity contribution in [2.75, 3.05) is 13.1 Å². The molecular formula is C24H50N3+. The lowest BCUT2D eigenvalue weighted by Gasteiger charge is -2.21. The number of unbranched alkanes of at least 4 members (excludes halogenated alkanes) is 16. The first-order chi connectivity index (χ1) is 13.3. The molecule has 0 bridgehead atoms. The van der Waals surface area contributed by atoms with E-state index in [1.807, 2.05) is 0 Å². The Labute approximate surface area is 170 Å². The summed E-state index contributed by atoms with van der Waals surface area (Å²) in [5.41, 5.74) is 4.14. The molecule has 3 nitrogen and oxygen atoms in total. The van der Waals surface area contributed by atoms with Crippen LogP contribution < -0.4 is 5.73 Å². The topological polar surface area (TPSA) is 43.2 Å². The monoisotopic (exact) mass is 380 g/mol. The van der Waals surface area contributed by atoms with Crippen molar-refractivity contribution < 1.29 is 5.73 Å². The summed E-state index contributed by atoms with van der Waals surface area (Å²) in [5, 5.41) is 0. The van der Waals surface area contributed by atoms with Gasteiger partial charge in [-0.05, 0) is 6.42 Å². The van der Waals surface area contributed by atoms with E-state index in [0.29, 0.717) is 6.17 Å². The molecule has 3 heteroatoms. The highest BCUT2D eigenvalue weighted by atomic mass is 15.3. The molecule has 1 rings (SSSR count). The molecule has 3 N–H and O–H groups in total. The number of quaternary nitrogens is 1. The van der Waals surface area contributed by atoms with Gasteiger partial charge in [-0.2, -0.15) is 0 Å². The van der Waals surface area contributed by atoms with Gasteiger partial charge in [-0.15, -0.1) is 0 Å². The van der Waals surface area contributed by atoms with Crippen molar-refractivity contribution in [2.45, 2.75) is 136 Å². The van der Waals surface area contributed by atoms with Crippen LogP contribution in [-0.4, -0.2) is 30.0 Å². The smallest absolute Gasteiger partial charge is 0.158 e. The van der Waals surface area contributed by atoms with Gasteiger partial charge in [0.15, 0.2) is 6.17 Å². The molecule has 0 fully saturated rings. The Bertz CT molecular complexity index is 352. The molecule has 0 aromatic rings. The van der Waals surface area contributed by atoms with Crippen LogP contribution in [0.5, 0.6) is 0 Å². The summed E-state index contributed by atoms with van der Waals surface area (Å²) < 4.78 is 0. The van der Waals surface area contributed by atoms with Crippen molar-refractivity contribution in [1.82, 2.24) is 4.90 Å². The van der Waals surface area contributed by atoms with E-state index in [1.165, 1.54) is 121 Å². The van der Waals surface area contributed by atoms with Crippen molar-refractivity contribution >= 4 is 5.84 Å². The van der Waals surface area contributed by atoms with Gasteiger partial charge in [0.05, 0.1) is 6.54 Å². The lowest BCUT2D eigenvalue weighted by molar-refractivity contribution is -0.442. The third-order valence-electron chi connectivity index (χ3n) is 6.00. The summed E-state index contributed by atoms with van der Waals surface area (Å²) in [7, 11) is 0.